The van der Waals surface area contributed by atoms with E-state index in [1.165, 1.54) is 25.3 Å². The fraction of sp³-hybridized carbons (Fsp3) is 0.391. The number of amides is 2. The molecule has 0 bridgehead atoms. The lowest BCUT2D eigenvalue weighted by molar-refractivity contribution is -0.128. The molecule has 6 heteroatoms. The monoisotopic (exact) mass is 393 g/mol. The van der Waals surface area contributed by atoms with Gasteiger partial charge in [-0.2, -0.15) is 0 Å². The Bertz CT molecular complexity index is 892. The van der Waals surface area contributed by atoms with Gasteiger partial charge in [0.15, 0.2) is 6.10 Å². The molecular weight excluding hydrogens is 366 g/mol. The Morgan fingerprint density at radius 3 is 2.48 bits per heavy atom. The minimum absolute atomic E-state index is 0.102. The second-order valence-electron chi connectivity index (χ2n) is 7.67. The summed E-state index contributed by atoms with van der Waals surface area (Å²) in [6, 6.07) is 15.6. The van der Waals surface area contributed by atoms with Gasteiger partial charge in [0.25, 0.3) is 5.91 Å². The zero-order valence-electron chi connectivity index (χ0n) is 16.8. The Morgan fingerprint density at radius 2 is 1.72 bits per heavy atom. The molecule has 0 aliphatic carbocycles. The lowest BCUT2D eigenvalue weighted by Crippen LogP contribution is -2.50. The van der Waals surface area contributed by atoms with Crippen molar-refractivity contribution < 1.29 is 14.3 Å². The van der Waals surface area contributed by atoms with Crippen molar-refractivity contribution in [1.29, 1.82) is 0 Å². The van der Waals surface area contributed by atoms with Crippen LogP contribution in [0.2, 0.25) is 0 Å². The van der Waals surface area contributed by atoms with Crippen molar-refractivity contribution in [2.75, 3.05) is 24.5 Å². The van der Waals surface area contributed by atoms with Crippen molar-refractivity contribution >= 4 is 17.5 Å². The van der Waals surface area contributed by atoms with E-state index in [1.54, 1.807) is 11.0 Å². The minimum atomic E-state index is -0.723. The van der Waals surface area contributed by atoms with E-state index in [9.17, 15) is 9.59 Å². The van der Waals surface area contributed by atoms with E-state index in [1.807, 2.05) is 30.3 Å². The molecule has 2 amide bonds. The zero-order valence-corrected chi connectivity index (χ0v) is 16.8. The van der Waals surface area contributed by atoms with E-state index >= 15 is 0 Å². The molecule has 1 atom stereocenters. The topological polar surface area (TPSA) is 61.9 Å². The van der Waals surface area contributed by atoms with Gasteiger partial charge in [-0.1, -0.05) is 36.4 Å². The van der Waals surface area contributed by atoms with Gasteiger partial charge in [-0.25, -0.2) is 0 Å². The summed E-state index contributed by atoms with van der Waals surface area (Å²) in [5.41, 5.74) is 3.07. The van der Waals surface area contributed by atoms with Gasteiger partial charge in [-0.3, -0.25) is 14.5 Å². The Morgan fingerprint density at radius 1 is 1.03 bits per heavy atom. The third kappa shape index (κ3) is 4.43. The number of benzene rings is 2. The molecule has 29 heavy (non-hydrogen) atoms. The van der Waals surface area contributed by atoms with Gasteiger partial charge in [0.05, 0.1) is 12.2 Å². The van der Waals surface area contributed by atoms with Gasteiger partial charge in [-0.15, -0.1) is 0 Å². The fourth-order valence-electron chi connectivity index (χ4n) is 4.03. The Labute approximate surface area is 171 Å². The molecule has 6 nitrogen and oxygen atoms in total. The van der Waals surface area contributed by atoms with E-state index in [2.05, 4.69) is 22.3 Å². The third-order valence-electron chi connectivity index (χ3n) is 5.61. The first-order valence-corrected chi connectivity index (χ1v) is 10.2. The van der Waals surface area contributed by atoms with Crippen LogP contribution in [-0.2, 0) is 22.7 Å². The van der Waals surface area contributed by atoms with Crippen LogP contribution < -0.4 is 15.0 Å². The van der Waals surface area contributed by atoms with Crippen LogP contribution in [0.15, 0.2) is 48.5 Å². The van der Waals surface area contributed by atoms with Crippen molar-refractivity contribution in [2.24, 2.45) is 0 Å². The molecule has 2 heterocycles. The van der Waals surface area contributed by atoms with E-state index in [-0.39, 0.29) is 18.4 Å². The summed E-state index contributed by atoms with van der Waals surface area (Å²) in [6.45, 7) is 5.36. The van der Waals surface area contributed by atoms with E-state index in [0.29, 0.717) is 18.0 Å². The highest BCUT2D eigenvalue weighted by molar-refractivity contribution is 5.95. The van der Waals surface area contributed by atoms with Crippen LogP contribution in [0.1, 0.15) is 30.9 Å². The number of rotatable bonds is 5. The molecular formula is C23H27N3O3. The number of nitrogens with zero attached hydrogens (tertiary/aromatic N) is 2. The SMILES string of the molecule is CC(=O)N1C[C@H](C(=O)NCc2ccccc2CN2CCCC2)Oc2ccccc21. The summed E-state index contributed by atoms with van der Waals surface area (Å²) in [5.74, 6) is 0.250. The van der Waals surface area contributed by atoms with E-state index < -0.39 is 6.10 Å². The third-order valence-corrected chi connectivity index (χ3v) is 5.61. The summed E-state index contributed by atoms with van der Waals surface area (Å²) in [5, 5.41) is 3.00. The van der Waals surface area contributed by atoms with Crippen molar-refractivity contribution in [2.45, 2.75) is 39.0 Å². The first-order chi connectivity index (χ1) is 14.1. The van der Waals surface area contributed by atoms with E-state index in [4.69, 9.17) is 4.74 Å². The number of likely N-dealkylation sites (tertiary alicyclic amines) is 1. The predicted molar refractivity (Wildman–Crippen MR) is 112 cm³/mol. The highest BCUT2D eigenvalue weighted by Crippen LogP contribution is 2.33. The summed E-state index contributed by atoms with van der Waals surface area (Å²) in [7, 11) is 0. The summed E-state index contributed by atoms with van der Waals surface area (Å²) < 4.78 is 5.89. The summed E-state index contributed by atoms with van der Waals surface area (Å²) in [4.78, 5) is 28.9. The number of hydrogen-bond acceptors (Lipinski definition) is 4. The lowest BCUT2D eigenvalue weighted by Gasteiger charge is -2.33. The first-order valence-electron chi connectivity index (χ1n) is 10.2. The Kier molecular flexibility index (Phi) is 5.81. The second kappa shape index (κ2) is 8.66. The van der Waals surface area contributed by atoms with Crippen LogP contribution in [-0.4, -0.2) is 42.5 Å². The smallest absolute Gasteiger partial charge is 0.263 e. The van der Waals surface area contributed by atoms with Crippen LogP contribution in [0.5, 0.6) is 5.75 Å². The largest absolute Gasteiger partial charge is 0.477 e. The van der Waals surface area contributed by atoms with Crippen LogP contribution >= 0.6 is 0 Å². The average molecular weight is 393 g/mol. The molecule has 0 unspecified atom stereocenters. The number of nitrogens with one attached hydrogen (secondary N) is 1. The Balaban J connectivity index is 1.42. The highest BCUT2D eigenvalue weighted by Gasteiger charge is 2.32. The number of ether oxygens (including phenoxy) is 1. The molecule has 152 valence electrons. The quantitative estimate of drug-likeness (QED) is 0.849. The number of fused-ring (bicyclic) bond motifs is 1. The van der Waals surface area contributed by atoms with Gasteiger partial charge in [0.2, 0.25) is 5.91 Å². The second-order valence-corrected chi connectivity index (χ2v) is 7.67. The predicted octanol–water partition coefficient (Wildman–Crippen LogP) is 2.71. The molecule has 4 rings (SSSR count). The molecule has 0 aromatic heterocycles. The van der Waals surface area contributed by atoms with Gasteiger partial charge in [0, 0.05) is 20.0 Å². The maximum atomic E-state index is 12.8. The minimum Gasteiger partial charge on any atom is -0.477 e. The molecule has 0 spiro atoms. The summed E-state index contributed by atoms with van der Waals surface area (Å²) in [6.07, 6.45) is 1.79. The number of para-hydroxylation sites is 2. The first kappa shape index (κ1) is 19.5. The summed E-state index contributed by atoms with van der Waals surface area (Å²) >= 11 is 0. The zero-order chi connectivity index (χ0) is 20.2. The van der Waals surface area contributed by atoms with Crippen LogP contribution in [0, 0.1) is 0 Å². The van der Waals surface area contributed by atoms with Crippen molar-refractivity contribution in [3.8, 4) is 5.75 Å². The molecule has 1 saturated heterocycles. The maximum absolute atomic E-state index is 12.8. The molecule has 2 aromatic rings. The standard InChI is InChI=1S/C23H27N3O3/c1-17(27)26-16-22(29-21-11-5-4-10-20(21)26)23(28)24-14-18-8-2-3-9-19(18)15-25-12-6-7-13-25/h2-5,8-11,22H,6-7,12-16H2,1H3,(H,24,28)/t22-/m1/s1. The number of carbonyl (C=O) groups is 2. The number of anilines is 1. The van der Waals surface area contributed by atoms with Crippen molar-refractivity contribution in [3.05, 3.63) is 59.7 Å². The van der Waals surface area contributed by atoms with E-state index in [0.717, 1.165) is 25.2 Å². The molecule has 1 N–H and O–H groups in total. The molecule has 2 aliphatic heterocycles. The molecule has 0 radical (unpaired) electrons. The molecule has 1 fully saturated rings. The average Bonchev–Trinajstić information content (AvgIpc) is 3.25. The van der Waals surface area contributed by atoms with Crippen LogP contribution in [0.3, 0.4) is 0 Å². The number of carbonyl (C=O) groups excluding carboxylic acids is 2. The molecule has 2 aromatic carbocycles. The van der Waals surface area contributed by atoms with Crippen LogP contribution in [0.25, 0.3) is 0 Å². The van der Waals surface area contributed by atoms with Gasteiger partial charge in [0.1, 0.15) is 5.75 Å². The molecule has 0 saturated carbocycles. The van der Waals surface area contributed by atoms with Crippen molar-refractivity contribution in [1.82, 2.24) is 10.2 Å². The van der Waals surface area contributed by atoms with Gasteiger partial charge in [-0.05, 0) is 49.2 Å². The normalized spacial score (nSPS) is 18.8. The number of hydrogen-bond donors (Lipinski definition) is 1. The van der Waals surface area contributed by atoms with Gasteiger partial charge < -0.3 is 15.0 Å². The molecule has 2 aliphatic rings. The Hall–Kier alpha value is -2.86. The fourth-order valence-corrected chi connectivity index (χ4v) is 4.03. The highest BCUT2D eigenvalue weighted by atomic mass is 16.5. The van der Waals surface area contributed by atoms with Crippen LogP contribution in [0.4, 0.5) is 5.69 Å². The van der Waals surface area contributed by atoms with Crippen molar-refractivity contribution in [3.63, 3.8) is 0 Å². The maximum Gasteiger partial charge on any atom is 0.263 e. The van der Waals surface area contributed by atoms with Gasteiger partial charge >= 0.3 is 0 Å². The lowest BCUT2D eigenvalue weighted by atomic mass is 10.1.